The minimum absolute atomic E-state index is 0.00557. The summed E-state index contributed by atoms with van der Waals surface area (Å²) in [5.41, 5.74) is 3.33. The van der Waals surface area contributed by atoms with E-state index >= 15 is 0 Å². The van der Waals surface area contributed by atoms with Gasteiger partial charge in [0.15, 0.2) is 16.8 Å². The molecule has 4 N–H and O–H groups in total. The summed E-state index contributed by atoms with van der Waals surface area (Å²) in [6.45, 7) is 7.33. The zero-order valence-electron chi connectivity index (χ0n) is 35.9. The number of amides is 5. The van der Waals surface area contributed by atoms with E-state index in [2.05, 4.69) is 35.9 Å². The van der Waals surface area contributed by atoms with Gasteiger partial charge in [-0.15, -0.1) is 0 Å². The van der Waals surface area contributed by atoms with Crippen LogP contribution in [0.3, 0.4) is 0 Å². The first-order chi connectivity index (χ1) is 31.4. The van der Waals surface area contributed by atoms with Crippen LogP contribution >= 0.6 is 11.8 Å². The van der Waals surface area contributed by atoms with Crippen LogP contribution in [0.15, 0.2) is 83.1 Å². The Bertz CT molecular complexity index is 2970. The lowest BCUT2D eigenvalue weighted by Crippen LogP contribution is -2.43. The molecule has 340 valence electrons. The van der Waals surface area contributed by atoms with Gasteiger partial charge in [-0.1, -0.05) is 36.0 Å². The van der Waals surface area contributed by atoms with Crippen molar-refractivity contribution in [2.75, 3.05) is 22.3 Å². The van der Waals surface area contributed by atoms with Gasteiger partial charge in [0.05, 0.1) is 40.8 Å². The molecule has 4 heterocycles. The minimum atomic E-state index is -1.71. The molecular formula is C45H39F4N9O6S2. The van der Waals surface area contributed by atoms with E-state index in [1.165, 1.54) is 36.2 Å². The lowest BCUT2D eigenvalue weighted by molar-refractivity contribution is 0.0696. The summed E-state index contributed by atoms with van der Waals surface area (Å²) < 4.78 is 70.7. The van der Waals surface area contributed by atoms with Gasteiger partial charge in [0, 0.05) is 40.1 Å². The number of fused-ring (bicyclic) bond motifs is 2. The Labute approximate surface area is 381 Å². The van der Waals surface area contributed by atoms with Crippen LogP contribution in [0.5, 0.6) is 0 Å². The molecule has 21 heteroatoms. The van der Waals surface area contributed by atoms with Gasteiger partial charge in [0.2, 0.25) is 5.16 Å². The third-order valence-corrected chi connectivity index (χ3v) is 11.5. The summed E-state index contributed by atoms with van der Waals surface area (Å²) in [5.74, 6) is -5.18. The second-order valence-electron chi connectivity index (χ2n) is 15.1. The largest absolute Gasteiger partial charge is 0.478 e. The number of carbonyl (C=O) groups excluding carboxylic acids is 3. The molecule has 0 spiro atoms. The number of nitrogens with zero attached hydrogens (tertiary/aromatic N) is 6. The topological polar surface area (TPSA) is 200 Å². The third kappa shape index (κ3) is 9.16. The maximum atomic E-state index is 14.7. The molecule has 4 aromatic carbocycles. The third-order valence-electron chi connectivity index (χ3n) is 10.3. The van der Waals surface area contributed by atoms with Gasteiger partial charge in [0.25, 0.3) is 5.91 Å². The van der Waals surface area contributed by atoms with Crippen LogP contribution in [0.4, 0.5) is 50.2 Å². The quantitative estimate of drug-likeness (QED) is 0.0616. The molecule has 8 rings (SSSR count). The van der Waals surface area contributed by atoms with Gasteiger partial charge in [0.1, 0.15) is 34.6 Å². The molecule has 6 aromatic rings. The fourth-order valence-electron chi connectivity index (χ4n) is 7.14. The molecule has 0 fully saturated rings. The molecule has 5 amide bonds. The fourth-order valence-corrected chi connectivity index (χ4v) is 7.93. The highest BCUT2D eigenvalue weighted by Gasteiger charge is 2.36. The van der Waals surface area contributed by atoms with Crippen LogP contribution in [-0.4, -0.2) is 71.7 Å². The smallest absolute Gasteiger partial charge is 0.335 e. The Morgan fingerprint density at radius 1 is 0.727 bits per heavy atom. The summed E-state index contributed by atoms with van der Waals surface area (Å²) in [5, 5.41) is 17.6. The van der Waals surface area contributed by atoms with E-state index < -0.39 is 63.5 Å². The van der Waals surface area contributed by atoms with E-state index in [0.717, 1.165) is 45.7 Å². The lowest BCUT2D eigenvalue weighted by atomic mass is 9.97. The number of para-hydroxylation sites is 2. The number of anilines is 4. The van der Waals surface area contributed by atoms with E-state index in [0.29, 0.717) is 44.2 Å². The average molecular weight is 942 g/mol. The van der Waals surface area contributed by atoms with Crippen molar-refractivity contribution < 1.29 is 46.1 Å². The van der Waals surface area contributed by atoms with Crippen LogP contribution in [-0.2, 0) is 23.9 Å². The van der Waals surface area contributed by atoms with Crippen molar-refractivity contribution in [3.63, 3.8) is 0 Å². The molecule has 15 nitrogen and oxygen atoms in total. The number of urea groups is 2. The monoisotopic (exact) mass is 941 g/mol. The van der Waals surface area contributed by atoms with Crippen LogP contribution < -0.4 is 25.8 Å². The molecule has 0 saturated carbocycles. The number of carboxylic acid groups (broad SMARTS) is 1. The molecule has 2 aliphatic rings. The number of nitrogens with one attached hydrogen (secondary N) is 3. The second-order valence-corrected chi connectivity index (χ2v) is 17.1. The van der Waals surface area contributed by atoms with Crippen LogP contribution in [0.1, 0.15) is 56.8 Å². The van der Waals surface area contributed by atoms with E-state index in [1.54, 1.807) is 31.4 Å². The Kier molecular flexibility index (Phi) is 13.5. The molecule has 0 saturated heterocycles. The number of hydrogen-bond donors (Lipinski definition) is 4. The summed E-state index contributed by atoms with van der Waals surface area (Å²) in [6, 6.07) is 14.7. The summed E-state index contributed by atoms with van der Waals surface area (Å²) in [4.78, 5) is 68.8. The Balaban J connectivity index is 0.000000197. The second kappa shape index (κ2) is 19.1. The maximum Gasteiger partial charge on any atom is 0.335 e. The average Bonchev–Trinajstić information content (AvgIpc) is 3.27. The number of aryl methyl sites for hydroxylation is 2. The van der Waals surface area contributed by atoms with E-state index in [4.69, 9.17) is 0 Å². The number of aromatic carboxylic acids is 1. The van der Waals surface area contributed by atoms with Crippen molar-refractivity contribution in [1.29, 1.82) is 0 Å². The van der Waals surface area contributed by atoms with E-state index in [9.17, 15) is 46.1 Å². The van der Waals surface area contributed by atoms with Crippen LogP contribution in [0, 0.1) is 37.1 Å². The Morgan fingerprint density at radius 2 is 1.18 bits per heavy atom. The Hall–Kier alpha value is -7.26. The number of rotatable bonds is 9. The van der Waals surface area contributed by atoms with Crippen LogP contribution in [0.2, 0.25) is 0 Å². The molecule has 0 aliphatic carbocycles. The van der Waals surface area contributed by atoms with Crippen molar-refractivity contribution in [3.05, 3.63) is 129 Å². The molecule has 0 radical (unpaired) electrons. The lowest BCUT2D eigenvalue weighted by Gasteiger charge is -2.30. The number of aromatic nitrogens is 4. The van der Waals surface area contributed by atoms with Crippen molar-refractivity contribution >= 4 is 69.5 Å². The molecule has 1 unspecified atom stereocenters. The fraction of sp³-hybridized carbons (Fsp3) is 0.200. The standard InChI is InChI=1S/C24H23F2N5O2S.C21H16F2N4O4S/c1-12(2)28-22(32)14-9-8-13(3)15(10-14)19-16-11-27-24(33)31(21(16)30-23(29-19)34-4)20-17(25)6-5-7-18(20)26;1-10-6-7-11(19(28)29)8-12(10)16-13-9-24-21(30)27(17-14(22)4-3-5-15(17)23)18(13)26-20(25-16)32(2)31/h5-10,12H,11H2,1-4H3,(H,27,33)(H,28,32);3-8H,9H2,1-2H3,(H,24,30)(H,28,29). The first kappa shape index (κ1) is 46.7. The van der Waals surface area contributed by atoms with Crippen molar-refractivity contribution in [1.82, 2.24) is 35.9 Å². The van der Waals surface area contributed by atoms with Gasteiger partial charge in [-0.05, 0) is 93.6 Å². The van der Waals surface area contributed by atoms with Gasteiger partial charge in [-0.3, -0.25) is 9.00 Å². The summed E-state index contributed by atoms with van der Waals surface area (Å²) in [7, 11) is -1.71. The zero-order valence-corrected chi connectivity index (χ0v) is 37.6. The number of thioether (sulfide) groups is 1. The number of benzene rings is 4. The molecular weight excluding hydrogens is 903 g/mol. The zero-order chi connectivity index (χ0) is 47.7. The van der Waals surface area contributed by atoms with Gasteiger partial charge >= 0.3 is 18.0 Å². The number of halogens is 4. The summed E-state index contributed by atoms with van der Waals surface area (Å²) in [6.07, 6.45) is 3.09. The molecule has 0 bridgehead atoms. The minimum Gasteiger partial charge on any atom is -0.478 e. The van der Waals surface area contributed by atoms with Gasteiger partial charge in [-0.2, -0.15) is 0 Å². The first-order valence-corrected chi connectivity index (χ1v) is 22.7. The van der Waals surface area contributed by atoms with Crippen molar-refractivity contribution in [2.24, 2.45) is 0 Å². The normalized spacial score (nSPS) is 13.5. The predicted molar refractivity (Wildman–Crippen MR) is 240 cm³/mol. The molecule has 2 aliphatic heterocycles. The number of hydrogen-bond acceptors (Lipinski definition) is 10. The van der Waals surface area contributed by atoms with Crippen molar-refractivity contribution in [2.45, 2.75) is 57.1 Å². The van der Waals surface area contributed by atoms with E-state index in [-0.39, 0.29) is 53.1 Å². The molecule has 1 atom stereocenters. The highest BCUT2D eigenvalue weighted by atomic mass is 32.2. The van der Waals surface area contributed by atoms with Gasteiger partial charge in [-0.25, -0.2) is 61.7 Å². The van der Waals surface area contributed by atoms with E-state index in [1.807, 2.05) is 26.8 Å². The number of carbonyl (C=O) groups is 4. The first-order valence-electron chi connectivity index (χ1n) is 19.9. The van der Waals surface area contributed by atoms with Gasteiger partial charge < -0.3 is 21.1 Å². The van der Waals surface area contributed by atoms with Crippen LogP contribution in [0.25, 0.3) is 22.5 Å². The molecule has 2 aromatic heterocycles. The highest BCUT2D eigenvalue weighted by Crippen LogP contribution is 2.41. The highest BCUT2D eigenvalue weighted by molar-refractivity contribution is 7.98. The SMILES string of the molecule is CSc1nc(-c2cc(C(=O)NC(C)C)ccc2C)c2c(n1)N(c1c(F)cccc1F)C(=O)NC2.Cc1ccc(C(=O)O)cc1-c1nc(S(C)=O)nc2c1CNC(=O)N2c1c(F)cccc1F. The summed E-state index contributed by atoms with van der Waals surface area (Å²) >= 11 is 1.23. The Morgan fingerprint density at radius 3 is 1.64 bits per heavy atom. The molecule has 66 heavy (non-hydrogen) atoms. The van der Waals surface area contributed by atoms with Crippen molar-refractivity contribution in [3.8, 4) is 22.5 Å². The maximum absolute atomic E-state index is 14.7. The number of carboxylic acids is 1. The predicted octanol–water partition coefficient (Wildman–Crippen LogP) is 8.48.